The summed E-state index contributed by atoms with van der Waals surface area (Å²) in [5, 5.41) is 9.38. The van der Waals surface area contributed by atoms with Gasteiger partial charge in [0.15, 0.2) is 5.82 Å². The highest BCUT2D eigenvalue weighted by atomic mass is 79.9. The van der Waals surface area contributed by atoms with Gasteiger partial charge in [-0.1, -0.05) is 0 Å². The molecular formula is C9H5Br2N3O2. The molecule has 2 rings (SSSR count). The molecule has 0 aliphatic rings. The molecule has 2 N–H and O–H groups in total. The predicted molar refractivity (Wildman–Crippen MR) is 65.2 cm³/mol. The molecule has 0 aliphatic heterocycles. The molecule has 16 heavy (non-hydrogen) atoms. The van der Waals surface area contributed by atoms with Gasteiger partial charge in [0.1, 0.15) is 10.2 Å². The molecular weight excluding hydrogens is 342 g/mol. The van der Waals surface area contributed by atoms with Crippen molar-refractivity contribution >= 4 is 31.9 Å². The number of halogens is 2. The van der Waals surface area contributed by atoms with E-state index in [1.807, 2.05) is 0 Å². The first-order valence-corrected chi connectivity index (χ1v) is 5.77. The lowest BCUT2D eigenvalue weighted by atomic mass is 10.3. The first kappa shape index (κ1) is 11.3. The lowest BCUT2D eigenvalue weighted by molar-refractivity contribution is 0.448. The maximum atomic E-state index is 11.4. The summed E-state index contributed by atoms with van der Waals surface area (Å²) in [4.78, 5) is 21.7. The average molecular weight is 347 g/mol. The van der Waals surface area contributed by atoms with Crippen LogP contribution in [0.25, 0.3) is 11.5 Å². The van der Waals surface area contributed by atoms with Crippen LogP contribution in [0.15, 0.2) is 32.1 Å². The standard InChI is InChI=1S/C9H5Br2N3O2/c10-4-1-2-5(12-3-4)7-13-8(15)6(11)9(16)14-7/h1-3H,(H2,13,14,15,16). The Morgan fingerprint density at radius 3 is 2.62 bits per heavy atom. The quantitative estimate of drug-likeness (QED) is 0.828. The van der Waals surface area contributed by atoms with Crippen molar-refractivity contribution in [3.63, 3.8) is 0 Å². The molecule has 0 saturated heterocycles. The van der Waals surface area contributed by atoms with E-state index in [4.69, 9.17) is 0 Å². The second kappa shape index (κ2) is 4.34. The first-order chi connectivity index (χ1) is 7.58. The number of nitrogens with one attached hydrogen (secondary N) is 1. The minimum Gasteiger partial charge on any atom is -0.492 e. The molecule has 5 nitrogen and oxygen atoms in total. The van der Waals surface area contributed by atoms with Gasteiger partial charge >= 0.3 is 0 Å². The summed E-state index contributed by atoms with van der Waals surface area (Å²) in [6.07, 6.45) is 1.58. The molecule has 2 heterocycles. The monoisotopic (exact) mass is 345 g/mol. The number of nitrogens with zero attached hydrogens (tertiary/aromatic N) is 2. The highest BCUT2D eigenvalue weighted by Crippen LogP contribution is 2.20. The summed E-state index contributed by atoms with van der Waals surface area (Å²) in [5.74, 6) is -0.137. The molecule has 0 radical (unpaired) electrons. The third-order valence-corrected chi connectivity index (χ3v) is 3.00. The fraction of sp³-hybridized carbons (Fsp3) is 0. The van der Waals surface area contributed by atoms with Gasteiger partial charge in [0, 0.05) is 10.7 Å². The number of aromatic hydroxyl groups is 1. The van der Waals surface area contributed by atoms with Crippen molar-refractivity contribution in [2.45, 2.75) is 0 Å². The second-order valence-electron chi connectivity index (χ2n) is 2.91. The third kappa shape index (κ3) is 2.14. The second-order valence-corrected chi connectivity index (χ2v) is 4.62. The molecule has 0 fully saturated rings. The number of aromatic amines is 1. The Bertz CT molecular complexity index is 580. The van der Waals surface area contributed by atoms with E-state index in [-0.39, 0.29) is 16.2 Å². The van der Waals surface area contributed by atoms with Crippen LogP contribution >= 0.6 is 31.9 Å². The lowest BCUT2D eigenvalue weighted by Gasteiger charge is -2.01. The Labute approximate surface area is 107 Å². The number of pyridine rings is 1. The van der Waals surface area contributed by atoms with Crippen molar-refractivity contribution in [3.8, 4) is 17.4 Å². The molecule has 2 aromatic heterocycles. The van der Waals surface area contributed by atoms with Gasteiger partial charge in [-0.05, 0) is 44.0 Å². The Morgan fingerprint density at radius 2 is 2.06 bits per heavy atom. The van der Waals surface area contributed by atoms with E-state index >= 15 is 0 Å². The van der Waals surface area contributed by atoms with Gasteiger partial charge < -0.3 is 10.1 Å². The average Bonchev–Trinajstić information content (AvgIpc) is 2.26. The van der Waals surface area contributed by atoms with Crippen molar-refractivity contribution in [2.24, 2.45) is 0 Å². The van der Waals surface area contributed by atoms with E-state index in [1.165, 1.54) is 0 Å². The minimum absolute atomic E-state index is 0.00774. The van der Waals surface area contributed by atoms with Gasteiger partial charge in [-0.15, -0.1) is 0 Å². The fourth-order valence-electron chi connectivity index (χ4n) is 1.08. The summed E-state index contributed by atoms with van der Waals surface area (Å²) in [5.41, 5.74) is 0.0234. The van der Waals surface area contributed by atoms with Crippen molar-refractivity contribution in [1.29, 1.82) is 0 Å². The van der Waals surface area contributed by atoms with E-state index < -0.39 is 5.56 Å². The number of aromatic nitrogens is 3. The van der Waals surface area contributed by atoms with E-state index in [1.54, 1.807) is 18.3 Å². The zero-order chi connectivity index (χ0) is 11.7. The van der Waals surface area contributed by atoms with Crippen molar-refractivity contribution in [3.05, 3.63) is 37.6 Å². The summed E-state index contributed by atoms with van der Waals surface area (Å²) in [7, 11) is 0. The van der Waals surface area contributed by atoms with Crippen LogP contribution in [0.4, 0.5) is 0 Å². The smallest absolute Gasteiger partial charge is 0.269 e. The maximum absolute atomic E-state index is 11.4. The van der Waals surface area contributed by atoms with E-state index in [0.717, 1.165) is 4.47 Å². The minimum atomic E-state index is -0.452. The Kier molecular flexibility index (Phi) is 3.06. The van der Waals surface area contributed by atoms with E-state index in [2.05, 4.69) is 46.8 Å². The van der Waals surface area contributed by atoms with Gasteiger partial charge in [-0.2, -0.15) is 4.98 Å². The molecule has 0 unspecified atom stereocenters. The molecule has 0 amide bonds. The molecule has 0 spiro atoms. The van der Waals surface area contributed by atoms with Crippen molar-refractivity contribution in [2.75, 3.05) is 0 Å². The summed E-state index contributed by atoms with van der Waals surface area (Å²) in [6, 6.07) is 3.44. The van der Waals surface area contributed by atoms with Gasteiger partial charge in [0.25, 0.3) is 5.56 Å². The highest BCUT2D eigenvalue weighted by Gasteiger charge is 2.09. The van der Waals surface area contributed by atoms with Crippen LogP contribution in [0.2, 0.25) is 0 Å². The predicted octanol–water partition coefficient (Wildman–Crippen LogP) is 2.06. The Morgan fingerprint density at radius 1 is 1.31 bits per heavy atom. The molecule has 0 aromatic carbocycles. The zero-order valence-electron chi connectivity index (χ0n) is 7.74. The van der Waals surface area contributed by atoms with Crippen LogP contribution < -0.4 is 5.56 Å². The number of hydrogen-bond acceptors (Lipinski definition) is 4. The molecule has 0 bridgehead atoms. The molecule has 2 aromatic rings. The van der Waals surface area contributed by atoms with E-state index in [0.29, 0.717) is 5.69 Å². The Balaban J connectivity index is 2.57. The van der Waals surface area contributed by atoms with Crippen LogP contribution in [-0.2, 0) is 0 Å². The highest BCUT2D eigenvalue weighted by molar-refractivity contribution is 9.10. The summed E-state index contributed by atoms with van der Waals surface area (Å²) < 4.78 is 0.827. The first-order valence-electron chi connectivity index (χ1n) is 4.18. The molecule has 82 valence electrons. The molecule has 0 atom stereocenters. The van der Waals surface area contributed by atoms with Gasteiger partial charge in [-0.25, -0.2) is 0 Å². The SMILES string of the molecule is O=c1[nH]c(-c2ccc(Br)cn2)nc(O)c1Br. The number of hydrogen-bond donors (Lipinski definition) is 2. The maximum Gasteiger partial charge on any atom is 0.269 e. The third-order valence-electron chi connectivity index (χ3n) is 1.82. The normalized spacial score (nSPS) is 10.4. The largest absolute Gasteiger partial charge is 0.492 e. The van der Waals surface area contributed by atoms with Crippen LogP contribution in [-0.4, -0.2) is 20.1 Å². The van der Waals surface area contributed by atoms with Crippen LogP contribution in [0, 0.1) is 0 Å². The lowest BCUT2D eigenvalue weighted by Crippen LogP contribution is -2.10. The molecule has 0 aliphatic carbocycles. The topological polar surface area (TPSA) is 78.9 Å². The fourth-order valence-corrected chi connectivity index (χ4v) is 1.51. The summed E-state index contributed by atoms with van der Waals surface area (Å²) >= 11 is 6.16. The van der Waals surface area contributed by atoms with Crippen LogP contribution in [0.1, 0.15) is 0 Å². The molecule has 7 heteroatoms. The summed E-state index contributed by atoms with van der Waals surface area (Å²) in [6.45, 7) is 0. The van der Waals surface area contributed by atoms with Crippen LogP contribution in [0.3, 0.4) is 0 Å². The number of H-pyrrole nitrogens is 1. The van der Waals surface area contributed by atoms with Crippen LogP contribution in [0.5, 0.6) is 5.88 Å². The van der Waals surface area contributed by atoms with Gasteiger partial charge in [0.2, 0.25) is 5.88 Å². The van der Waals surface area contributed by atoms with Crippen molar-refractivity contribution in [1.82, 2.24) is 15.0 Å². The van der Waals surface area contributed by atoms with Crippen molar-refractivity contribution < 1.29 is 5.11 Å². The van der Waals surface area contributed by atoms with E-state index in [9.17, 15) is 9.90 Å². The zero-order valence-corrected chi connectivity index (χ0v) is 10.9. The number of rotatable bonds is 1. The van der Waals surface area contributed by atoms with Gasteiger partial charge in [-0.3, -0.25) is 9.78 Å². The van der Waals surface area contributed by atoms with Gasteiger partial charge in [0.05, 0.1) is 0 Å². The Hall–Kier alpha value is -1.21. The molecule has 0 saturated carbocycles.